The van der Waals surface area contributed by atoms with Gasteiger partial charge >= 0.3 is 6.01 Å². The van der Waals surface area contributed by atoms with Gasteiger partial charge in [0.05, 0.1) is 0 Å². The van der Waals surface area contributed by atoms with Gasteiger partial charge in [0.15, 0.2) is 0 Å². The maximum atomic E-state index is 5.90. The molecule has 2 aromatic rings. The van der Waals surface area contributed by atoms with Crippen molar-refractivity contribution in [1.82, 2.24) is 10.1 Å². The number of anilines is 1. The first-order valence-corrected chi connectivity index (χ1v) is 5.86. The van der Waals surface area contributed by atoms with Crippen LogP contribution in [0.4, 0.5) is 6.01 Å². The van der Waals surface area contributed by atoms with Crippen molar-refractivity contribution >= 4 is 17.6 Å². The molecular weight excluding hydrogens is 238 g/mol. The van der Waals surface area contributed by atoms with Crippen LogP contribution in [-0.2, 0) is 0 Å². The highest BCUT2D eigenvalue weighted by Crippen LogP contribution is 2.21. The zero-order valence-corrected chi connectivity index (χ0v) is 10.5. The predicted molar refractivity (Wildman–Crippen MR) is 68.1 cm³/mol. The molecule has 0 atom stereocenters. The Balaban J connectivity index is 2.12. The van der Waals surface area contributed by atoms with E-state index >= 15 is 0 Å². The molecule has 1 heterocycles. The lowest BCUT2D eigenvalue weighted by Gasteiger charge is -2.02. The summed E-state index contributed by atoms with van der Waals surface area (Å²) in [6.07, 6.45) is 0. The summed E-state index contributed by atoms with van der Waals surface area (Å²) in [4.78, 5) is 4.25. The van der Waals surface area contributed by atoms with E-state index in [1.54, 1.807) is 6.07 Å². The molecule has 0 radical (unpaired) electrons. The van der Waals surface area contributed by atoms with Crippen molar-refractivity contribution in [3.8, 4) is 11.4 Å². The molecule has 1 aromatic heterocycles. The summed E-state index contributed by atoms with van der Waals surface area (Å²) in [5, 5.41) is 7.63. The summed E-state index contributed by atoms with van der Waals surface area (Å²) in [6, 6.07) is 7.80. The topological polar surface area (TPSA) is 51.0 Å². The van der Waals surface area contributed by atoms with Crippen LogP contribution in [0.2, 0.25) is 5.02 Å². The second kappa shape index (κ2) is 5.19. The van der Waals surface area contributed by atoms with E-state index in [-0.39, 0.29) is 0 Å². The summed E-state index contributed by atoms with van der Waals surface area (Å²) < 4.78 is 5.09. The van der Waals surface area contributed by atoms with Crippen LogP contribution < -0.4 is 5.32 Å². The largest absolute Gasteiger partial charge is 0.337 e. The van der Waals surface area contributed by atoms with Crippen LogP contribution in [0.25, 0.3) is 11.4 Å². The molecule has 17 heavy (non-hydrogen) atoms. The van der Waals surface area contributed by atoms with Crippen molar-refractivity contribution in [3.05, 3.63) is 29.3 Å². The molecule has 0 amide bonds. The molecule has 5 heteroatoms. The molecule has 0 saturated heterocycles. The number of benzene rings is 1. The van der Waals surface area contributed by atoms with Gasteiger partial charge in [-0.2, -0.15) is 4.98 Å². The van der Waals surface area contributed by atoms with E-state index < -0.39 is 0 Å². The van der Waals surface area contributed by atoms with E-state index in [9.17, 15) is 0 Å². The van der Waals surface area contributed by atoms with Crippen molar-refractivity contribution < 1.29 is 4.52 Å². The van der Waals surface area contributed by atoms with E-state index in [0.29, 0.717) is 22.8 Å². The predicted octanol–water partition coefficient (Wildman–Crippen LogP) is 3.46. The second-order valence-electron chi connectivity index (χ2n) is 4.21. The Labute approximate surface area is 105 Å². The first kappa shape index (κ1) is 11.9. The Hall–Kier alpha value is -1.55. The Morgan fingerprint density at radius 1 is 1.41 bits per heavy atom. The van der Waals surface area contributed by atoms with Crippen molar-refractivity contribution in [2.45, 2.75) is 13.8 Å². The summed E-state index contributed by atoms with van der Waals surface area (Å²) in [6.45, 7) is 5.03. The lowest BCUT2D eigenvalue weighted by atomic mass is 10.2. The van der Waals surface area contributed by atoms with Gasteiger partial charge in [0.1, 0.15) is 0 Å². The third-order valence-electron chi connectivity index (χ3n) is 2.17. The lowest BCUT2D eigenvalue weighted by molar-refractivity contribution is 0.430. The molecule has 1 aromatic carbocycles. The molecule has 0 aliphatic heterocycles. The molecule has 1 N–H and O–H groups in total. The van der Waals surface area contributed by atoms with Crippen LogP contribution in [-0.4, -0.2) is 16.7 Å². The van der Waals surface area contributed by atoms with Gasteiger partial charge in [0.25, 0.3) is 0 Å². The average Bonchev–Trinajstić information content (AvgIpc) is 2.75. The molecular formula is C12H14ClN3O. The van der Waals surface area contributed by atoms with Gasteiger partial charge < -0.3 is 9.84 Å². The minimum absolute atomic E-state index is 0.439. The average molecular weight is 252 g/mol. The Morgan fingerprint density at radius 3 is 2.94 bits per heavy atom. The van der Waals surface area contributed by atoms with E-state index in [0.717, 1.165) is 12.1 Å². The summed E-state index contributed by atoms with van der Waals surface area (Å²) in [5.74, 6) is 1.07. The number of nitrogens with one attached hydrogen (secondary N) is 1. The van der Waals surface area contributed by atoms with Gasteiger partial charge in [-0.3, -0.25) is 0 Å². The molecule has 0 fully saturated rings. The highest BCUT2D eigenvalue weighted by molar-refractivity contribution is 6.30. The van der Waals surface area contributed by atoms with Crippen LogP contribution in [0.5, 0.6) is 0 Å². The van der Waals surface area contributed by atoms with Gasteiger partial charge in [-0.05, 0) is 18.1 Å². The van der Waals surface area contributed by atoms with Gasteiger partial charge in [0.2, 0.25) is 5.82 Å². The van der Waals surface area contributed by atoms with Crippen molar-refractivity contribution in [2.24, 2.45) is 5.92 Å². The van der Waals surface area contributed by atoms with Crippen LogP contribution >= 0.6 is 11.6 Å². The Bertz CT molecular complexity index is 496. The molecule has 2 rings (SSSR count). The van der Waals surface area contributed by atoms with Gasteiger partial charge in [0, 0.05) is 17.1 Å². The van der Waals surface area contributed by atoms with Crippen LogP contribution in [0, 0.1) is 5.92 Å². The van der Waals surface area contributed by atoms with Crippen LogP contribution in [0.1, 0.15) is 13.8 Å². The number of hydrogen-bond acceptors (Lipinski definition) is 4. The van der Waals surface area contributed by atoms with Gasteiger partial charge in [-0.25, -0.2) is 0 Å². The number of halogens is 1. The molecule has 0 bridgehead atoms. The maximum absolute atomic E-state index is 5.90. The van der Waals surface area contributed by atoms with Crippen molar-refractivity contribution in [1.29, 1.82) is 0 Å². The highest BCUT2D eigenvalue weighted by atomic mass is 35.5. The fourth-order valence-electron chi connectivity index (χ4n) is 1.33. The van der Waals surface area contributed by atoms with E-state index in [1.807, 2.05) is 18.2 Å². The molecule has 0 aliphatic carbocycles. The first-order valence-electron chi connectivity index (χ1n) is 5.48. The van der Waals surface area contributed by atoms with Crippen molar-refractivity contribution in [2.75, 3.05) is 11.9 Å². The fraction of sp³-hybridized carbons (Fsp3) is 0.333. The quantitative estimate of drug-likeness (QED) is 0.904. The number of rotatable bonds is 4. The lowest BCUT2D eigenvalue weighted by Crippen LogP contribution is -2.07. The first-order chi connectivity index (χ1) is 8.15. The Kier molecular flexibility index (Phi) is 3.64. The molecule has 0 unspecified atom stereocenters. The zero-order valence-electron chi connectivity index (χ0n) is 9.77. The molecule has 0 spiro atoms. The highest BCUT2D eigenvalue weighted by Gasteiger charge is 2.08. The second-order valence-corrected chi connectivity index (χ2v) is 4.64. The molecule has 90 valence electrons. The fourth-order valence-corrected chi connectivity index (χ4v) is 1.52. The van der Waals surface area contributed by atoms with E-state index in [2.05, 4.69) is 29.3 Å². The van der Waals surface area contributed by atoms with Gasteiger partial charge in [-0.1, -0.05) is 42.7 Å². The number of nitrogens with zero attached hydrogens (tertiary/aromatic N) is 2. The maximum Gasteiger partial charge on any atom is 0.321 e. The molecule has 4 nitrogen and oxygen atoms in total. The summed E-state index contributed by atoms with van der Waals surface area (Å²) in [5.41, 5.74) is 0.846. The zero-order chi connectivity index (χ0) is 12.3. The molecule has 0 saturated carbocycles. The molecule has 0 aliphatic rings. The minimum Gasteiger partial charge on any atom is -0.337 e. The van der Waals surface area contributed by atoms with Crippen molar-refractivity contribution in [3.63, 3.8) is 0 Å². The van der Waals surface area contributed by atoms with Gasteiger partial charge in [-0.15, -0.1) is 0 Å². The summed E-state index contributed by atoms with van der Waals surface area (Å²) >= 11 is 5.90. The number of hydrogen-bond donors (Lipinski definition) is 1. The summed E-state index contributed by atoms with van der Waals surface area (Å²) in [7, 11) is 0. The number of aromatic nitrogens is 2. The smallest absolute Gasteiger partial charge is 0.321 e. The third-order valence-corrected chi connectivity index (χ3v) is 2.41. The van der Waals surface area contributed by atoms with Crippen LogP contribution in [0.3, 0.4) is 0 Å². The third kappa shape index (κ3) is 3.20. The monoisotopic (exact) mass is 251 g/mol. The minimum atomic E-state index is 0.439. The van der Waals surface area contributed by atoms with Crippen LogP contribution in [0.15, 0.2) is 28.8 Å². The van der Waals surface area contributed by atoms with E-state index in [1.165, 1.54) is 0 Å². The normalized spacial score (nSPS) is 10.8. The SMILES string of the molecule is CC(C)CNc1nc(-c2cccc(Cl)c2)no1. The van der Waals surface area contributed by atoms with E-state index in [4.69, 9.17) is 16.1 Å². The standard InChI is InChI=1S/C12H14ClN3O/c1-8(2)7-14-12-15-11(16-17-12)9-4-3-5-10(13)6-9/h3-6,8H,7H2,1-2H3,(H,14,15,16). The Morgan fingerprint density at radius 2 is 2.24 bits per heavy atom.